The molecule has 4 nitrogen and oxygen atoms in total. The highest BCUT2D eigenvalue weighted by Gasteiger charge is 2.36. The molecule has 1 aliphatic rings. The van der Waals surface area contributed by atoms with Crippen molar-refractivity contribution in [3.05, 3.63) is 12.2 Å². The van der Waals surface area contributed by atoms with Crippen LogP contribution in [0.25, 0.3) is 0 Å². The Bertz CT molecular complexity index is 237. The molecule has 0 aromatic heterocycles. The molecule has 1 fully saturated rings. The fourth-order valence-electron chi connectivity index (χ4n) is 1.27. The molecule has 1 aliphatic heterocycles. The van der Waals surface area contributed by atoms with Crippen LogP contribution in [0.4, 0.5) is 0 Å². The number of epoxide rings is 1. The fraction of sp³-hybridized carbons (Fsp3) is 0.750. The van der Waals surface area contributed by atoms with E-state index in [9.17, 15) is 4.79 Å². The van der Waals surface area contributed by atoms with E-state index in [-0.39, 0.29) is 18.2 Å². The van der Waals surface area contributed by atoms with Gasteiger partial charge < -0.3 is 14.2 Å². The Kier molecular flexibility index (Phi) is 6.11. The standard InChI is InChI=1S/C12H20O4/c1-3-5-8-14-9-11-10(16-11)6-7-12(13)15-4-2/h6-7,10-11H,3-5,8-9H2,1-2H3. The lowest BCUT2D eigenvalue weighted by atomic mass is 10.3. The highest BCUT2D eigenvalue weighted by atomic mass is 16.6. The smallest absolute Gasteiger partial charge is 0.330 e. The van der Waals surface area contributed by atoms with Gasteiger partial charge in [-0.15, -0.1) is 0 Å². The van der Waals surface area contributed by atoms with E-state index < -0.39 is 0 Å². The van der Waals surface area contributed by atoms with Crippen LogP contribution in [-0.2, 0) is 19.0 Å². The summed E-state index contributed by atoms with van der Waals surface area (Å²) < 4.78 is 15.5. The maximum Gasteiger partial charge on any atom is 0.330 e. The molecule has 1 rings (SSSR count). The molecule has 2 unspecified atom stereocenters. The van der Waals surface area contributed by atoms with Gasteiger partial charge in [-0.1, -0.05) is 13.3 Å². The topological polar surface area (TPSA) is 48.1 Å². The van der Waals surface area contributed by atoms with E-state index in [4.69, 9.17) is 14.2 Å². The summed E-state index contributed by atoms with van der Waals surface area (Å²) in [7, 11) is 0. The summed E-state index contributed by atoms with van der Waals surface area (Å²) in [5, 5.41) is 0. The van der Waals surface area contributed by atoms with Crippen LogP contribution in [0, 0.1) is 0 Å². The van der Waals surface area contributed by atoms with Crippen molar-refractivity contribution in [2.75, 3.05) is 19.8 Å². The van der Waals surface area contributed by atoms with Crippen LogP contribution in [0.1, 0.15) is 26.7 Å². The number of esters is 1. The van der Waals surface area contributed by atoms with Gasteiger partial charge in [-0.2, -0.15) is 0 Å². The lowest BCUT2D eigenvalue weighted by Crippen LogP contribution is -2.05. The van der Waals surface area contributed by atoms with Crippen LogP contribution >= 0.6 is 0 Å². The zero-order chi connectivity index (χ0) is 11.8. The van der Waals surface area contributed by atoms with E-state index in [2.05, 4.69) is 6.92 Å². The molecule has 0 amide bonds. The Morgan fingerprint density at radius 3 is 2.94 bits per heavy atom. The molecule has 0 spiro atoms. The van der Waals surface area contributed by atoms with E-state index in [0.29, 0.717) is 13.2 Å². The molecular formula is C12H20O4. The van der Waals surface area contributed by atoms with Crippen LogP contribution < -0.4 is 0 Å². The van der Waals surface area contributed by atoms with Gasteiger partial charge in [-0.25, -0.2) is 4.79 Å². The molecule has 1 saturated heterocycles. The Balaban J connectivity index is 2.03. The van der Waals surface area contributed by atoms with Gasteiger partial charge in [0, 0.05) is 12.7 Å². The first-order valence-corrected chi connectivity index (χ1v) is 5.86. The predicted octanol–water partition coefficient (Wildman–Crippen LogP) is 1.69. The number of ether oxygens (including phenoxy) is 3. The van der Waals surface area contributed by atoms with Gasteiger partial charge in [0.05, 0.1) is 13.2 Å². The normalized spacial score (nSPS) is 23.6. The van der Waals surface area contributed by atoms with Crippen molar-refractivity contribution >= 4 is 5.97 Å². The first kappa shape index (κ1) is 13.2. The Hall–Kier alpha value is -0.870. The average Bonchev–Trinajstić information content (AvgIpc) is 3.01. The largest absolute Gasteiger partial charge is 0.463 e. The summed E-state index contributed by atoms with van der Waals surface area (Å²) in [6, 6.07) is 0. The van der Waals surface area contributed by atoms with Gasteiger partial charge in [0.15, 0.2) is 0 Å². The summed E-state index contributed by atoms with van der Waals surface area (Å²) in [5.74, 6) is -0.316. The number of hydrogen-bond acceptors (Lipinski definition) is 4. The van der Waals surface area contributed by atoms with E-state index in [1.165, 1.54) is 6.08 Å². The second-order valence-electron chi connectivity index (χ2n) is 3.68. The SMILES string of the molecule is CCCCOCC1OC1C=CC(=O)OCC. The molecule has 2 atom stereocenters. The molecule has 16 heavy (non-hydrogen) atoms. The third-order valence-corrected chi connectivity index (χ3v) is 2.25. The fourth-order valence-corrected chi connectivity index (χ4v) is 1.27. The van der Waals surface area contributed by atoms with E-state index in [0.717, 1.165) is 19.4 Å². The van der Waals surface area contributed by atoms with Crippen molar-refractivity contribution in [2.24, 2.45) is 0 Å². The summed E-state index contributed by atoms with van der Waals surface area (Å²) in [6.07, 6.45) is 5.49. The van der Waals surface area contributed by atoms with Crippen molar-refractivity contribution in [1.82, 2.24) is 0 Å². The minimum Gasteiger partial charge on any atom is -0.463 e. The summed E-state index contributed by atoms with van der Waals surface area (Å²) >= 11 is 0. The van der Waals surface area contributed by atoms with Crippen LogP contribution in [-0.4, -0.2) is 38.0 Å². The minimum absolute atomic E-state index is 0.0195. The van der Waals surface area contributed by atoms with Crippen LogP contribution in [0.15, 0.2) is 12.2 Å². The maximum atomic E-state index is 11.0. The van der Waals surface area contributed by atoms with Gasteiger partial charge in [-0.05, 0) is 19.4 Å². The average molecular weight is 228 g/mol. The molecule has 4 heteroatoms. The quantitative estimate of drug-likeness (QED) is 0.274. The second-order valence-corrected chi connectivity index (χ2v) is 3.68. The summed E-state index contributed by atoms with van der Waals surface area (Å²) in [6.45, 7) is 5.70. The van der Waals surface area contributed by atoms with Gasteiger partial charge in [0.1, 0.15) is 12.2 Å². The molecule has 92 valence electrons. The molecule has 0 aromatic rings. The number of unbranched alkanes of at least 4 members (excludes halogenated alkanes) is 1. The van der Waals surface area contributed by atoms with Crippen LogP contribution in [0.5, 0.6) is 0 Å². The predicted molar refractivity (Wildman–Crippen MR) is 60.2 cm³/mol. The number of hydrogen-bond donors (Lipinski definition) is 0. The minimum atomic E-state index is -0.316. The third-order valence-electron chi connectivity index (χ3n) is 2.25. The van der Waals surface area contributed by atoms with Crippen molar-refractivity contribution in [1.29, 1.82) is 0 Å². The van der Waals surface area contributed by atoms with Crippen molar-refractivity contribution in [3.8, 4) is 0 Å². The molecule has 0 aromatic carbocycles. The number of carbonyl (C=O) groups is 1. The Labute approximate surface area is 96.6 Å². The van der Waals surface area contributed by atoms with Crippen molar-refractivity contribution in [3.63, 3.8) is 0 Å². The molecule has 0 bridgehead atoms. The molecule has 1 heterocycles. The molecule has 0 N–H and O–H groups in total. The van der Waals surface area contributed by atoms with Crippen molar-refractivity contribution < 1.29 is 19.0 Å². The van der Waals surface area contributed by atoms with Gasteiger partial charge >= 0.3 is 5.97 Å². The van der Waals surface area contributed by atoms with Crippen LogP contribution in [0.2, 0.25) is 0 Å². The lowest BCUT2D eigenvalue weighted by molar-refractivity contribution is -0.137. The van der Waals surface area contributed by atoms with Gasteiger partial charge in [0.2, 0.25) is 0 Å². The Morgan fingerprint density at radius 2 is 2.25 bits per heavy atom. The van der Waals surface area contributed by atoms with E-state index in [1.54, 1.807) is 13.0 Å². The lowest BCUT2D eigenvalue weighted by Gasteiger charge is -1.98. The third kappa shape index (κ3) is 5.28. The number of carbonyl (C=O) groups excluding carboxylic acids is 1. The molecule has 0 aliphatic carbocycles. The molecule has 0 radical (unpaired) electrons. The van der Waals surface area contributed by atoms with Gasteiger partial charge in [0.25, 0.3) is 0 Å². The molecule has 0 saturated carbocycles. The van der Waals surface area contributed by atoms with E-state index >= 15 is 0 Å². The van der Waals surface area contributed by atoms with Gasteiger partial charge in [-0.3, -0.25) is 0 Å². The molecular weight excluding hydrogens is 208 g/mol. The first-order chi connectivity index (χ1) is 7.77. The van der Waals surface area contributed by atoms with Crippen molar-refractivity contribution in [2.45, 2.75) is 38.9 Å². The zero-order valence-electron chi connectivity index (χ0n) is 9.98. The summed E-state index contributed by atoms with van der Waals surface area (Å²) in [4.78, 5) is 11.0. The van der Waals surface area contributed by atoms with E-state index in [1.807, 2.05) is 0 Å². The monoisotopic (exact) mass is 228 g/mol. The zero-order valence-corrected chi connectivity index (χ0v) is 9.98. The highest BCUT2D eigenvalue weighted by Crippen LogP contribution is 2.23. The highest BCUT2D eigenvalue weighted by molar-refractivity contribution is 5.82. The second kappa shape index (κ2) is 7.41. The summed E-state index contributed by atoms with van der Waals surface area (Å²) in [5.41, 5.74) is 0. The Morgan fingerprint density at radius 1 is 1.44 bits per heavy atom. The maximum absolute atomic E-state index is 11.0. The van der Waals surface area contributed by atoms with Crippen LogP contribution in [0.3, 0.4) is 0 Å². The first-order valence-electron chi connectivity index (χ1n) is 5.86. The number of rotatable bonds is 8.